The van der Waals surface area contributed by atoms with Crippen LogP contribution in [0.25, 0.3) is 0 Å². The highest BCUT2D eigenvalue weighted by Gasteiger charge is 2.36. The fourth-order valence-electron chi connectivity index (χ4n) is 2.19. The maximum absolute atomic E-state index is 8.91. The van der Waals surface area contributed by atoms with E-state index in [-0.39, 0.29) is 0 Å². The fourth-order valence-corrected chi connectivity index (χ4v) is 2.19. The molecule has 0 spiro atoms. The van der Waals surface area contributed by atoms with Crippen LogP contribution in [-0.2, 0) is 0 Å². The Kier molecular flexibility index (Phi) is 2.26. The first-order valence-corrected chi connectivity index (χ1v) is 4.99. The maximum Gasteiger partial charge on any atom is 0.104 e. The summed E-state index contributed by atoms with van der Waals surface area (Å²) < 4.78 is 0. The molecule has 2 heteroatoms. The van der Waals surface area contributed by atoms with Crippen LogP contribution in [-0.4, -0.2) is 5.54 Å². The molecule has 1 saturated carbocycles. The van der Waals surface area contributed by atoms with E-state index in [0.717, 1.165) is 19.3 Å². The Morgan fingerprint density at radius 2 is 2.07 bits per heavy atom. The van der Waals surface area contributed by atoms with Gasteiger partial charge < -0.3 is 5.73 Å². The highest BCUT2D eigenvalue weighted by Crippen LogP contribution is 2.38. The molecule has 1 aromatic rings. The lowest BCUT2D eigenvalue weighted by atomic mass is 9.94. The average molecular weight is 186 g/mol. The molecule has 1 aliphatic rings. The third-order valence-electron chi connectivity index (χ3n) is 3.04. The molecule has 1 aromatic carbocycles. The molecule has 0 saturated heterocycles. The third-order valence-corrected chi connectivity index (χ3v) is 3.04. The SMILES string of the molecule is N#CC1(N)CCC(c2ccccc2)C1. The first kappa shape index (κ1) is 9.23. The van der Waals surface area contributed by atoms with Crippen molar-refractivity contribution in [1.29, 1.82) is 5.26 Å². The Morgan fingerprint density at radius 3 is 2.64 bits per heavy atom. The van der Waals surface area contributed by atoms with E-state index in [2.05, 4.69) is 18.2 Å². The van der Waals surface area contributed by atoms with Crippen molar-refractivity contribution in [2.45, 2.75) is 30.7 Å². The summed E-state index contributed by atoms with van der Waals surface area (Å²) in [4.78, 5) is 0. The van der Waals surface area contributed by atoms with Gasteiger partial charge in [0.05, 0.1) is 6.07 Å². The van der Waals surface area contributed by atoms with E-state index < -0.39 is 5.54 Å². The number of nitrogens with zero attached hydrogens (tertiary/aromatic N) is 1. The molecule has 2 atom stereocenters. The minimum atomic E-state index is -0.583. The molecule has 14 heavy (non-hydrogen) atoms. The molecule has 0 aromatic heterocycles. The van der Waals surface area contributed by atoms with Crippen LogP contribution in [0.2, 0.25) is 0 Å². The number of nitriles is 1. The van der Waals surface area contributed by atoms with Crippen molar-refractivity contribution in [3.8, 4) is 6.07 Å². The van der Waals surface area contributed by atoms with Crippen molar-refractivity contribution in [1.82, 2.24) is 0 Å². The Labute approximate surface area is 84.3 Å². The molecule has 1 fully saturated rings. The van der Waals surface area contributed by atoms with Gasteiger partial charge in [-0.2, -0.15) is 5.26 Å². The summed E-state index contributed by atoms with van der Waals surface area (Å²) in [6.45, 7) is 0. The van der Waals surface area contributed by atoms with Crippen LogP contribution < -0.4 is 5.73 Å². The molecular formula is C12H14N2. The van der Waals surface area contributed by atoms with Gasteiger partial charge in [-0.05, 0) is 30.7 Å². The minimum Gasteiger partial charge on any atom is -0.313 e. The summed E-state index contributed by atoms with van der Waals surface area (Å²) in [6.07, 6.45) is 2.66. The van der Waals surface area contributed by atoms with Crippen LogP contribution in [0, 0.1) is 11.3 Å². The average Bonchev–Trinajstić information content (AvgIpc) is 2.63. The zero-order valence-electron chi connectivity index (χ0n) is 8.11. The first-order chi connectivity index (χ1) is 6.73. The molecule has 0 heterocycles. The third kappa shape index (κ3) is 1.64. The number of hydrogen-bond donors (Lipinski definition) is 1. The second kappa shape index (κ2) is 3.43. The van der Waals surface area contributed by atoms with Gasteiger partial charge in [0.15, 0.2) is 0 Å². The van der Waals surface area contributed by atoms with Gasteiger partial charge in [0.25, 0.3) is 0 Å². The van der Waals surface area contributed by atoms with E-state index >= 15 is 0 Å². The summed E-state index contributed by atoms with van der Waals surface area (Å²) in [7, 11) is 0. The van der Waals surface area contributed by atoms with Crippen LogP contribution in [0.15, 0.2) is 30.3 Å². The molecule has 2 unspecified atom stereocenters. The van der Waals surface area contributed by atoms with Gasteiger partial charge >= 0.3 is 0 Å². The Morgan fingerprint density at radius 1 is 1.36 bits per heavy atom. The normalized spacial score (nSPS) is 31.3. The Bertz CT molecular complexity index is 352. The zero-order valence-corrected chi connectivity index (χ0v) is 8.11. The summed E-state index contributed by atoms with van der Waals surface area (Å²) in [5.74, 6) is 0.473. The lowest BCUT2D eigenvalue weighted by Gasteiger charge is -2.14. The topological polar surface area (TPSA) is 49.8 Å². The fraction of sp³-hybridized carbons (Fsp3) is 0.417. The van der Waals surface area contributed by atoms with Crippen molar-refractivity contribution in [2.75, 3.05) is 0 Å². The molecule has 2 nitrogen and oxygen atoms in total. The predicted molar refractivity (Wildman–Crippen MR) is 55.6 cm³/mol. The van der Waals surface area contributed by atoms with E-state index in [1.54, 1.807) is 0 Å². The molecule has 2 N–H and O–H groups in total. The van der Waals surface area contributed by atoms with E-state index in [1.807, 2.05) is 18.2 Å². The summed E-state index contributed by atoms with van der Waals surface area (Å²) in [5, 5.41) is 8.91. The highest BCUT2D eigenvalue weighted by atomic mass is 14.8. The summed E-state index contributed by atoms with van der Waals surface area (Å²) in [5.41, 5.74) is 6.66. The highest BCUT2D eigenvalue weighted by molar-refractivity contribution is 5.24. The minimum absolute atomic E-state index is 0.473. The molecule has 0 aliphatic heterocycles. The van der Waals surface area contributed by atoms with Crippen LogP contribution in [0.4, 0.5) is 0 Å². The Balaban J connectivity index is 2.15. The molecule has 0 radical (unpaired) electrons. The van der Waals surface area contributed by atoms with Crippen LogP contribution in [0.1, 0.15) is 30.7 Å². The van der Waals surface area contributed by atoms with Gasteiger partial charge in [-0.1, -0.05) is 30.3 Å². The summed E-state index contributed by atoms with van der Waals surface area (Å²) >= 11 is 0. The van der Waals surface area contributed by atoms with Crippen molar-refractivity contribution in [3.63, 3.8) is 0 Å². The van der Waals surface area contributed by atoms with Gasteiger partial charge in [0, 0.05) is 0 Å². The van der Waals surface area contributed by atoms with Gasteiger partial charge in [-0.3, -0.25) is 0 Å². The van der Waals surface area contributed by atoms with Gasteiger partial charge in [-0.15, -0.1) is 0 Å². The number of nitrogens with two attached hydrogens (primary N) is 1. The predicted octanol–water partition coefficient (Wildman–Crippen LogP) is 2.18. The van der Waals surface area contributed by atoms with Gasteiger partial charge in [0.1, 0.15) is 5.54 Å². The zero-order chi connectivity index (χ0) is 10.0. The molecule has 1 aliphatic carbocycles. The van der Waals surface area contributed by atoms with Crippen LogP contribution in [0.3, 0.4) is 0 Å². The van der Waals surface area contributed by atoms with Crippen molar-refractivity contribution >= 4 is 0 Å². The lowest BCUT2D eigenvalue weighted by Crippen LogP contribution is -2.34. The van der Waals surface area contributed by atoms with Crippen molar-refractivity contribution in [2.24, 2.45) is 5.73 Å². The molecular weight excluding hydrogens is 172 g/mol. The number of benzene rings is 1. The summed E-state index contributed by atoms with van der Waals surface area (Å²) in [6, 6.07) is 12.5. The quantitative estimate of drug-likeness (QED) is 0.730. The number of hydrogen-bond acceptors (Lipinski definition) is 2. The van der Waals surface area contributed by atoms with E-state index in [9.17, 15) is 0 Å². The van der Waals surface area contributed by atoms with Gasteiger partial charge in [0.2, 0.25) is 0 Å². The smallest absolute Gasteiger partial charge is 0.104 e. The standard InChI is InChI=1S/C12H14N2/c13-9-12(14)7-6-11(8-12)10-4-2-1-3-5-10/h1-5,11H,6-8,14H2. The Hall–Kier alpha value is -1.33. The second-order valence-corrected chi connectivity index (χ2v) is 4.12. The van der Waals surface area contributed by atoms with E-state index in [1.165, 1.54) is 5.56 Å². The largest absolute Gasteiger partial charge is 0.313 e. The van der Waals surface area contributed by atoms with Gasteiger partial charge in [-0.25, -0.2) is 0 Å². The van der Waals surface area contributed by atoms with E-state index in [0.29, 0.717) is 5.92 Å². The lowest BCUT2D eigenvalue weighted by molar-refractivity contribution is 0.553. The van der Waals surface area contributed by atoms with Crippen molar-refractivity contribution in [3.05, 3.63) is 35.9 Å². The molecule has 2 rings (SSSR count). The first-order valence-electron chi connectivity index (χ1n) is 4.99. The second-order valence-electron chi connectivity index (χ2n) is 4.12. The molecule has 0 bridgehead atoms. The van der Waals surface area contributed by atoms with Crippen LogP contribution in [0.5, 0.6) is 0 Å². The van der Waals surface area contributed by atoms with E-state index in [4.69, 9.17) is 11.0 Å². The number of rotatable bonds is 1. The van der Waals surface area contributed by atoms with Crippen molar-refractivity contribution < 1.29 is 0 Å². The maximum atomic E-state index is 8.91. The molecule has 0 amide bonds. The monoisotopic (exact) mass is 186 g/mol. The van der Waals surface area contributed by atoms with Crippen LogP contribution >= 0.6 is 0 Å². The molecule has 72 valence electrons.